The molecule has 2 fully saturated rings. The molecule has 1 aromatic rings. The number of nitriles is 1. The van der Waals surface area contributed by atoms with Crippen molar-refractivity contribution < 1.29 is 4.65 Å². The van der Waals surface area contributed by atoms with Crippen LogP contribution >= 0.6 is 0 Å². The number of hydrogen-bond donors (Lipinski definition) is 1. The summed E-state index contributed by atoms with van der Waals surface area (Å²) in [7, 11) is 0. The lowest BCUT2D eigenvalue weighted by Crippen LogP contribution is -2.66. The fraction of sp³-hybridized carbons (Fsp3) is 0.714. The van der Waals surface area contributed by atoms with Crippen molar-refractivity contribution in [3.05, 3.63) is 12.4 Å². The smallest absolute Gasteiger partial charge is 0.338 e. The number of nitrogens with one attached hydrogen (secondary N) is 1. The van der Waals surface area contributed by atoms with Gasteiger partial charge >= 0.3 is 6.92 Å². The van der Waals surface area contributed by atoms with E-state index in [0.29, 0.717) is 6.42 Å². The Morgan fingerprint density at radius 2 is 2.15 bits per heavy atom. The zero-order valence-electron chi connectivity index (χ0n) is 12.6. The number of rotatable bonds is 3. The van der Waals surface area contributed by atoms with Gasteiger partial charge in [-0.25, -0.2) is 0 Å². The Balaban J connectivity index is 1.84. The molecular weight excluding hydrogens is 251 g/mol. The topological polar surface area (TPSA) is 62.9 Å². The van der Waals surface area contributed by atoms with Crippen molar-refractivity contribution in [1.82, 2.24) is 15.1 Å². The summed E-state index contributed by atoms with van der Waals surface area (Å²) in [6.45, 7) is 10.4. The van der Waals surface area contributed by atoms with Crippen molar-refractivity contribution >= 4 is 12.4 Å². The maximum absolute atomic E-state index is 9.01. The van der Waals surface area contributed by atoms with Crippen LogP contribution in [0.1, 0.15) is 34.1 Å². The minimum atomic E-state index is -0.170. The van der Waals surface area contributed by atoms with Crippen molar-refractivity contribution in [1.29, 1.82) is 5.26 Å². The third kappa shape index (κ3) is 1.66. The van der Waals surface area contributed by atoms with E-state index in [1.807, 2.05) is 10.9 Å². The monoisotopic (exact) mass is 272 g/mol. The summed E-state index contributed by atoms with van der Waals surface area (Å²) in [6.07, 6.45) is 4.43. The molecule has 2 aliphatic rings. The molecule has 106 valence electrons. The van der Waals surface area contributed by atoms with Crippen LogP contribution in [0, 0.1) is 11.3 Å². The summed E-state index contributed by atoms with van der Waals surface area (Å²) in [5, 5.41) is 16.8. The second-order valence-corrected chi connectivity index (χ2v) is 7.11. The molecule has 0 saturated carbocycles. The zero-order chi connectivity index (χ0) is 14.6. The third-order valence-electron chi connectivity index (χ3n) is 5.33. The molecule has 0 unspecified atom stereocenters. The molecule has 0 aromatic carbocycles. The summed E-state index contributed by atoms with van der Waals surface area (Å²) in [5.41, 5.74) is 0.831. The Morgan fingerprint density at radius 1 is 1.45 bits per heavy atom. The van der Waals surface area contributed by atoms with Crippen molar-refractivity contribution in [2.45, 2.75) is 50.6 Å². The highest BCUT2D eigenvalue weighted by Gasteiger charge is 2.59. The van der Waals surface area contributed by atoms with Gasteiger partial charge in [0.15, 0.2) is 0 Å². The van der Waals surface area contributed by atoms with Crippen LogP contribution in [-0.2, 0) is 10.2 Å². The normalized spacial score (nSPS) is 25.4. The van der Waals surface area contributed by atoms with Gasteiger partial charge in [0, 0.05) is 36.4 Å². The molecule has 1 aromatic heterocycles. The number of hydrogen-bond acceptors (Lipinski definition) is 4. The predicted octanol–water partition coefficient (Wildman–Crippen LogP) is 0.883. The average molecular weight is 272 g/mol. The molecule has 0 amide bonds. The molecule has 0 bridgehead atoms. The minimum absolute atomic E-state index is 0.0819. The molecule has 3 rings (SSSR count). The number of aromatic nitrogens is 2. The largest absolute Gasteiger partial charge is 0.425 e. The maximum Gasteiger partial charge on any atom is 0.338 e. The first-order chi connectivity index (χ1) is 9.32. The molecule has 0 radical (unpaired) electrons. The standard InChI is InChI=1S/C14H21BN4O/c1-12(2)13(3,4)20-15(12)11-7-18-19(8-11)14(5-6-16)9-17-10-14/h7-8,17H,5,9-10H2,1-4H3. The molecule has 0 atom stereocenters. The Labute approximate surface area is 120 Å². The highest BCUT2D eigenvalue weighted by atomic mass is 16.5. The highest BCUT2D eigenvalue weighted by Crippen LogP contribution is 2.53. The lowest BCUT2D eigenvalue weighted by molar-refractivity contribution is -0.00942. The van der Waals surface area contributed by atoms with E-state index in [0.717, 1.165) is 18.6 Å². The van der Waals surface area contributed by atoms with E-state index >= 15 is 0 Å². The van der Waals surface area contributed by atoms with E-state index in [1.54, 1.807) is 0 Å². The molecule has 2 saturated heterocycles. The van der Waals surface area contributed by atoms with Crippen molar-refractivity contribution in [2.75, 3.05) is 13.1 Å². The molecule has 0 spiro atoms. The van der Waals surface area contributed by atoms with Gasteiger partial charge in [0.05, 0.1) is 12.5 Å². The van der Waals surface area contributed by atoms with Crippen molar-refractivity contribution in [3.8, 4) is 6.07 Å². The summed E-state index contributed by atoms with van der Waals surface area (Å²) in [4.78, 5) is 0. The van der Waals surface area contributed by atoms with Gasteiger partial charge < -0.3 is 9.97 Å². The molecule has 1 N–H and O–H groups in total. The van der Waals surface area contributed by atoms with Crippen LogP contribution < -0.4 is 10.8 Å². The van der Waals surface area contributed by atoms with Gasteiger partial charge in [0.2, 0.25) is 0 Å². The fourth-order valence-electron chi connectivity index (χ4n) is 3.00. The van der Waals surface area contributed by atoms with Crippen LogP contribution in [0.3, 0.4) is 0 Å². The molecular formula is C14H21BN4O. The lowest BCUT2D eigenvalue weighted by atomic mass is 9.33. The van der Waals surface area contributed by atoms with Crippen LogP contribution in [0.5, 0.6) is 0 Å². The van der Waals surface area contributed by atoms with E-state index in [1.165, 1.54) is 0 Å². The Bertz CT molecular complexity index is 568. The fourth-order valence-corrected chi connectivity index (χ4v) is 3.00. The van der Waals surface area contributed by atoms with Gasteiger partial charge in [-0.3, -0.25) is 4.68 Å². The van der Waals surface area contributed by atoms with Crippen molar-refractivity contribution in [2.24, 2.45) is 0 Å². The summed E-state index contributed by atoms with van der Waals surface area (Å²) >= 11 is 0. The first-order valence-corrected chi connectivity index (χ1v) is 7.13. The van der Waals surface area contributed by atoms with E-state index < -0.39 is 0 Å². The SMILES string of the molecule is CC1(C)OB(c2cnn(C3(CC#N)CNC3)c2)C1(C)C. The Morgan fingerprint density at radius 3 is 2.60 bits per heavy atom. The summed E-state index contributed by atoms with van der Waals surface area (Å²) in [5.74, 6) is 0. The van der Waals surface area contributed by atoms with Gasteiger partial charge in [-0.05, 0) is 19.3 Å². The summed E-state index contributed by atoms with van der Waals surface area (Å²) < 4.78 is 7.98. The minimum Gasteiger partial charge on any atom is -0.425 e. The average Bonchev–Trinajstić information content (AvgIpc) is 2.80. The molecule has 5 nitrogen and oxygen atoms in total. The van der Waals surface area contributed by atoms with E-state index in [9.17, 15) is 0 Å². The summed E-state index contributed by atoms with van der Waals surface area (Å²) in [6, 6.07) is 2.27. The molecule has 6 heteroatoms. The second kappa shape index (κ2) is 4.09. The van der Waals surface area contributed by atoms with Gasteiger partial charge in [-0.15, -0.1) is 0 Å². The van der Waals surface area contributed by atoms with E-state index in [2.05, 4.69) is 50.4 Å². The quantitative estimate of drug-likeness (QED) is 0.830. The van der Waals surface area contributed by atoms with Crippen LogP contribution in [-0.4, -0.2) is 35.4 Å². The van der Waals surface area contributed by atoms with Crippen LogP contribution in [0.15, 0.2) is 12.4 Å². The van der Waals surface area contributed by atoms with E-state index in [4.69, 9.17) is 9.92 Å². The predicted molar refractivity (Wildman–Crippen MR) is 77.9 cm³/mol. The van der Waals surface area contributed by atoms with Gasteiger partial charge in [-0.2, -0.15) is 10.4 Å². The Hall–Kier alpha value is -1.32. The van der Waals surface area contributed by atoms with E-state index in [-0.39, 0.29) is 23.4 Å². The third-order valence-corrected chi connectivity index (χ3v) is 5.33. The van der Waals surface area contributed by atoms with Gasteiger partial charge in [-0.1, -0.05) is 13.8 Å². The van der Waals surface area contributed by atoms with Gasteiger partial charge in [0.25, 0.3) is 0 Å². The molecule has 2 aliphatic heterocycles. The van der Waals surface area contributed by atoms with Crippen LogP contribution in [0.2, 0.25) is 5.31 Å². The zero-order valence-corrected chi connectivity index (χ0v) is 12.6. The maximum atomic E-state index is 9.01. The first-order valence-electron chi connectivity index (χ1n) is 7.13. The van der Waals surface area contributed by atoms with Crippen LogP contribution in [0.4, 0.5) is 0 Å². The Kier molecular flexibility index (Phi) is 2.79. The first kappa shape index (κ1) is 13.7. The lowest BCUT2D eigenvalue weighted by Gasteiger charge is -2.56. The molecule has 3 heterocycles. The highest BCUT2D eigenvalue weighted by molar-refractivity contribution is 6.73. The molecule has 0 aliphatic carbocycles. The number of nitrogens with zero attached hydrogens (tertiary/aromatic N) is 3. The second-order valence-electron chi connectivity index (χ2n) is 7.11. The molecule has 20 heavy (non-hydrogen) atoms. The van der Waals surface area contributed by atoms with Gasteiger partial charge in [0.1, 0.15) is 5.54 Å². The van der Waals surface area contributed by atoms with Crippen molar-refractivity contribution in [3.63, 3.8) is 0 Å². The van der Waals surface area contributed by atoms with Crippen LogP contribution in [0.25, 0.3) is 0 Å².